The molecule has 4 aromatic rings. The topological polar surface area (TPSA) is 68.5 Å². The Morgan fingerprint density at radius 3 is 2.64 bits per heavy atom. The van der Waals surface area contributed by atoms with E-state index in [0.717, 1.165) is 11.6 Å². The minimum atomic E-state index is -0.669. The summed E-state index contributed by atoms with van der Waals surface area (Å²) in [6.45, 7) is 1.87. The lowest BCUT2D eigenvalue weighted by Gasteiger charge is -2.10. The van der Waals surface area contributed by atoms with Crippen molar-refractivity contribution in [3.8, 4) is 11.6 Å². The minimum absolute atomic E-state index is 0.0408. The largest absolute Gasteiger partial charge is 0.434 e. The van der Waals surface area contributed by atoms with E-state index in [1.807, 2.05) is 13.0 Å². The summed E-state index contributed by atoms with van der Waals surface area (Å²) in [6, 6.07) is 10.9. The predicted octanol–water partition coefficient (Wildman–Crippen LogP) is 4.36. The summed E-state index contributed by atoms with van der Waals surface area (Å²) in [6.07, 6.45) is 3.07. The monoisotopic (exact) mass is 380 g/mol. The Kier molecular flexibility index (Phi) is 4.44. The number of carbonyl (C=O) groups excluding carboxylic acids is 1. The number of rotatable bonds is 4. The van der Waals surface area contributed by atoms with Crippen molar-refractivity contribution in [3.05, 3.63) is 83.8 Å². The molecule has 0 aliphatic carbocycles. The first-order valence-corrected chi connectivity index (χ1v) is 8.34. The van der Waals surface area contributed by atoms with Gasteiger partial charge < -0.3 is 10.1 Å². The number of hydrogen-bond acceptors (Lipinski definition) is 4. The summed E-state index contributed by atoms with van der Waals surface area (Å²) in [5.41, 5.74) is 2.02. The highest BCUT2D eigenvalue weighted by Crippen LogP contribution is 2.29. The molecule has 28 heavy (non-hydrogen) atoms. The molecule has 0 saturated carbocycles. The molecule has 6 nitrogen and oxygen atoms in total. The van der Waals surface area contributed by atoms with Crippen LogP contribution in [0.4, 0.5) is 14.5 Å². The maximum Gasteiger partial charge on any atom is 0.255 e. The van der Waals surface area contributed by atoms with Crippen LogP contribution in [0.2, 0.25) is 0 Å². The van der Waals surface area contributed by atoms with Crippen LogP contribution in [0.5, 0.6) is 11.6 Å². The Bertz CT molecular complexity index is 1170. The van der Waals surface area contributed by atoms with E-state index in [0.29, 0.717) is 5.52 Å². The van der Waals surface area contributed by atoms with Crippen LogP contribution >= 0.6 is 0 Å². The molecule has 0 saturated heterocycles. The quantitative estimate of drug-likeness (QED) is 0.571. The van der Waals surface area contributed by atoms with Crippen molar-refractivity contribution in [2.45, 2.75) is 6.92 Å². The second-order valence-electron chi connectivity index (χ2n) is 6.07. The van der Waals surface area contributed by atoms with Crippen molar-refractivity contribution in [2.24, 2.45) is 0 Å². The van der Waals surface area contributed by atoms with E-state index in [-0.39, 0.29) is 22.9 Å². The van der Waals surface area contributed by atoms with E-state index < -0.39 is 17.5 Å². The lowest BCUT2D eigenvalue weighted by Crippen LogP contribution is -2.12. The molecule has 0 fully saturated rings. The maximum atomic E-state index is 14.5. The number of anilines is 1. The SMILES string of the molecule is Cc1ccn2ncnc(Oc3ccc(NC(=O)c4ccc(F)cc4)cc3F)c12. The molecular formula is C20H14F2N4O2. The molecule has 4 rings (SSSR count). The third-order valence-corrected chi connectivity index (χ3v) is 4.12. The third kappa shape index (κ3) is 3.39. The molecule has 140 valence electrons. The van der Waals surface area contributed by atoms with E-state index >= 15 is 0 Å². The number of amides is 1. The molecule has 2 aromatic heterocycles. The van der Waals surface area contributed by atoms with Crippen LogP contribution in [0.1, 0.15) is 15.9 Å². The van der Waals surface area contributed by atoms with E-state index in [4.69, 9.17) is 4.74 Å². The molecule has 0 spiro atoms. The van der Waals surface area contributed by atoms with Gasteiger partial charge in [0, 0.05) is 23.5 Å². The summed E-state index contributed by atoms with van der Waals surface area (Å²) in [7, 11) is 0. The summed E-state index contributed by atoms with van der Waals surface area (Å²) >= 11 is 0. The van der Waals surface area contributed by atoms with Gasteiger partial charge in [-0.2, -0.15) is 10.1 Å². The number of fused-ring (bicyclic) bond motifs is 1. The summed E-state index contributed by atoms with van der Waals surface area (Å²) < 4.78 is 34.6. The Hall–Kier alpha value is -3.81. The highest BCUT2D eigenvalue weighted by Gasteiger charge is 2.14. The first-order chi connectivity index (χ1) is 13.5. The summed E-state index contributed by atoms with van der Waals surface area (Å²) in [4.78, 5) is 16.2. The van der Waals surface area contributed by atoms with Crippen LogP contribution in [0.15, 0.2) is 61.1 Å². The number of nitrogens with one attached hydrogen (secondary N) is 1. The van der Waals surface area contributed by atoms with Crippen molar-refractivity contribution < 1.29 is 18.3 Å². The van der Waals surface area contributed by atoms with Gasteiger partial charge in [-0.25, -0.2) is 13.3 Å². The van der Waals surface area contributed by atoms with Crippen molar-refractivity contribution in [2.75, 3.05) is 5.32 Å². The molecule has 0 radical (unpaired) electrons. The van der Waals surface area contributed by atoms with Gasteiger partial charge in [0.2, 0.25) is 5.88 Å². The Balaban J connectivity index is 1.55. The maximum absolute atomic E-state index is 14.5. The number of ether oxygens (including phenoxy) is 1. The van der Waals surface area contributed by atoms with Gasteiger partial charge in [-0.3, -0.25) is 4.79 Å². The molecule has 0 atom stereocenters. The van der Waals surface area contributed by atoms with Crippen molar-refractivity contribution >= 4 is 17.1 Å². The zero-order valence-corrected chi connectivity index (χ0v) is 14.7. The molecule has 1 amide bonds. The van der Waals surface area contributed by atoms with Gasteiger partial charge in [0.15, 0.2) is 11.6 Å². The van der Waals surface area contributed by atoms with Gasteiger partial charge in [0.25, 0.3) is 5.91 Å². The van der Waals surface area contributed by atoms with Crippen LogP contribution in [0, 0.1) is 18.6 Å². The van der Waals surface area contributed by atoms with E-state index in [1.54, 1.807) is 10.7 Å². The van der Waals surface area contributed by atoms with Crippen LogP contribution in [0.3, 0.4) is 0 Å². The van der Waals surface area contributed by atoms with Gasteiger partial charge in [-0.1, -0.05) is 0 Å². The fourth-order valence-corrected chi connectivity index (χ4v) is 2.72. The fraction of sp³-hybridized carbons (Fsp3) is 0.0500. The van der Waals surface area contributed by atoms with Crippen LogP contribution in [-0.2, 0) is 0 Å². The third-order valence-electron chi connectivity index (χ3n) is 4.12. The molecule has 2 heterocycles. The fourth-order valence-electron chi connectivity index (χ4n) is 2.72. The van der Waals surface area contributed by atoms with Crippen molar-refractivity contribution in [1.82, 2.24) is 14.6 Å². The standard InChI is InChI=1S/C20H14F2N4O2/c1-12-8-9-26-18(12)20(23-11-24-26)28-17-7-6-15(10-16(17)22)25-19(27)13-2-4-14(21)5-3-13/h2-11H,1H3,(H,25,27). The van der Waals surface area contributed by atoms with E-state index in [2.05, 4.69) is 15.4 Å². The molecule has 2 aromatic carbocycles. The number of nitrogens with zero attached hydrogens (tertiary/aromatic N) is 3. The molecule has 0 unspecified atom stereocenters. The lowest BCUT2D eigenvalue weighted by atomic mass is 10.2. The number of aromatic nitrogens is 3. The van der Waals surface area contributed by atoms with Gasteiger partial charge in [0.1, 0.15) is 17.7 Å². The van der Waals surface area contributed by atoms with Gasteiger partial charge >= 0.3 is 0 Å². The summed E-state index contributed by atoms with van der Waals surface area (Å²) in [5.74, 6) is -1.41. The minimum Gasteiger partial charge on any atom is -0.434 e. The highest BCUT2D eigenvalue weighted by atomic mass is 19.1. The van der Waals surface area contributed by atoms with E-state index in [9.17, 15) is 13.6 Å². The molecule has 0 aliphatic heterocycles. The van der Waals surface area contributed by atoms with Gasteiger partial charge in [0.05, 0.1) is 0 Å². The lowest BCUT2D eigenvalue weighted by molar-refractivity contribution is 0.102. The predicted molar refractivity (Wildman–Crippen MR) is 98.6 cm³/mol. The number of benzene rings is 2. The van der Waals surface area contributed by atoms with Crippen LogP contribution in [-0.4, -0.2) is 20.5 Å². The number of carbonyl (C=O) groups is 1. The van der Waals surface area contributed by atoms with Gasteiger partial charge in [-0.05, 0) is 55.0 Å². The Labute approximate surface area is 158 Å². The normalized spacial score (nSPS) is 10.8. The smallest absolute Gasteiger partial charge is 0.255 e. The Morgan fingerprint density at radius 2 is 1.89 bits per heavy atom. The second kappa shape index (κ2) is 7.07. The zero-order valence-electron chi connectivity index (χ0n) is 14.7. The molecule has 0 aliphatic rings. The molecule has 0 bridgehead atoms. The zero-order chi connectivity index (χ0) is 19.7. The average molecular weight is 380 g/mol. The molecular weight excluding hydrogens is 366 g/mol. The highest BCUT2D eigenvalue weighted by molar-refractivity contribution is 6.04. The van der Waals surface area contributed by atoms with Crippen LogP contribution < -0.4 is 10.1 Å². The van der Waals surface area contributed by atoms with Crippen molar-refractivity contribution in [1.29, 1.82) is 0 Å². The van der Waals surface area contributed by atoms with Gasteiger partial charge in [-0.15, -0.1) is 0 Å². The van der Waals surface area contributed by atoms with Crippen LogP contribution in [0.25, 0.3) is 5.52 Å². The average Bonchev–Trinajstić information content (AvgIpc) is 3.06. The van der Waals surface area contributed by atoms with Crippen molar-refractivity contribution in [3.63, 3.8) is 0 Å². The second-order valence-corrected chi connectivity index (χ2v) is 6.07. The number of hydrogen-bond donors (Lipinski definition) is 1. The summed E-state index contributed by atoms with van der Waals surface area (Å²) in [5, 5.41) is 6.63. The molecule has 8 heteroatoms. The first-order valence-electron chi connectivity index (χ1n) is 8.34. The Morgan fingerprint density at radius 1 is 1.11 bits per heavy atom. The number of halogens is 2. The first kappa shape index (κ1) is 17.6. The number of aryl methyl sites for hydroxylation is 1. The van der Waals surface area contributed by atoms with E-state index in [1.165, 1.54) is 42.7 Å². The molecule has 1 N–H and O–H groups in total.